The van der Waals surface area contributed by atoms with Crippen LogP contribution < -0.4 is 14.5 Å². The first kappa shape index (κ1) is 21.4. The van der Waals surface area contributed by atoms with Gasteiger partial charge in [0, 0.05) is 0 Å². The van der Waals surface area contributed by atoms with E-state index in [1.165, 1.54) is 13.1 Å². The molecule has 0 aliphatic rings. The summed E-state index contributed by atoms with van der Waals surface area (Å²) in [6.07, 6.45) is 2.56. The Kier molecular flexibility index (Phi) is 7.17. The van der Waals surface area contributed by atoms with Gasteiger partial charge in [0.25, 0.3) is 5.91 Å². The van der Waals surface area contributed by atoms with E-state index in [-0.39, 0.29) is 0 Å². The van der Waals surface area contributed by atoms with Crippen molar-refractivity contribution in [3.8, 4) is 5.75 Å². The minimum atomic E-state index is -3.69. The fourth-order valence-electron chi connectivity index (χ4n) is 2.58. The van der Waals surface area contributed by atoms with Crippen LogP contribution >= 0.6 is 0 Å². The Labute approximate surface area is 166 Å². The zero-order chi connectivity index (χ0) is 20.7. The Morgan fingerprint density at radius 3 is 2.32 bits per heavy atom. The molecule has 0 radical (unpaired) electrons. The second kappa shape index (κ2) is 9.36. The topological polar surface area (TPSA) is 88.1 Å². The largest absolute Gasteiger partial charge is 0.494 e. The third-order valence-corrected chi connectivity index (χ3v) is 5.20. The molecule has 150 valence electrons. The Hall–Kier alpha value is -2.87. The fourth-order valence-corrected chi connectivity index (χ4v) is 3.76. The Balaban J connectivity index is 2.14. The SMILES string of the molecule is CCOc1ccc(N([C@H](C)C(=O)N/N=C\c2ccc(C)cc2)S(C)(=O)=O)cc1. The van der Waals surface area contributed by atoms with Gasteiger partial charge in [-0.15, -0.1) is 0 Å². The summed E-state index contributed by atoms with van der Waals surface area (Å²) in [5.74, 6) is 0.0853. The second-order valence-corrected chi connectivity index (χ2v) is 8.17. The number of nitrogens with one attached hydrogen (secondary N) is 1. The van der Waals surface area contributed by atoms with Crippen LogP contribution in [0.2, 0.25) is 0 Å². The van der Waals surface area contributed by atoms with Gasteiger partial charge in [0.1, 0.15) is 11.8 Å². The van der Waals surface area contributed by atoms with E-state index >= 15 is 0 Å². The molecule has 7 nitrogen and oxygen atoms in total. The number of aryl methyl sites for hydroxylation is 1. The van der Waals surface area contributed by atoms with Crippen LogP contribution in [0.3, 0.4) is 0 Å². The van der Waals surface area contributed by atoms with Gasteiger partial charge in [-0.1, -0.05) is 29.8 Å². The van der Waals surface area contributed by atoms with Crippen LogP contribution in [0.15, 0.2) is 53.6 Å². The zero-order valence-electron chi connectivity index (χ0n) is 16.4. The number of hydrazone groups is 1. The third kappa shape index (κ3) is 5.82. The maximum absolute atomic E-state index is 12.5. The zero-order valence-corrected chi connectivity index (χ0v) is 17.2. The van der Waals surface area contributed by atoms with E-state index in [4.69, 9.17) is 4.74 Å². The Morgan fingerprint density at radius 1 is 1.18 bits per heavy atom. The summed E-state index contributed by atoms with van der Waals surface area (Å²) in [6, 6.07) is 13.2. The minimum absolute atomic E-state index is 0.371. The van der Waals surface area contributed by atoms with E-state index in [2.05, 4.69) is 10.5 Å². The molecular formula is C20H25N3O4S. The number of hydrogen-bond donors (Lipinski definition) is 1. The van der Waals surface area contributed by atoms with Gasteiger partial charge in [-0.05, 0) is 50.6 Å². The molecule has 1 atom stereocenters. The maximum Gasteiger partial charge on any atom is 0.263 e. The van der Waals surface area contributed by atoms with Crippen LogP contribution in [0, 0.1) is 6.92 Å². The van der Waals surface area contributed by atoms with Gasteiger partial charge in [0.2, 0.25) is 10.0 Å². The first-order chi connectivity index (χ1) is 13.2. The lowest BCUT2D eigenvalue weighted by Crippen LogP contribution is -2.46. The van der Waals surface area contributed by atoms with Crippen molar-refractivity contribution in [1.82, 2.24) is 5.43 Å². The molecule has 0 saturated carbocycles. The van der Waals surface area contributed by atoms with Crippen LogP contribution in [0.4, 0.5) is 5.69 Å². The highest BCUT2D eigenvalue weighted by Gasteiger charge is 2.29. The lowest BCUT2D eigenvalue weighted by molar-refractivity contribution is -0.121. The summed E-state index contributed by atoms with van der Waals surface area (Å²) < 4.78 is 31.0. The van der Waals surface area contributed by atoms with Gasteiger partial charge >= 0.3 is 0 Å². The quantitative estimate of drug-likeness (QED) is 0.542. The number of hydrogen-bond acceptors (Lipinski definition) is 5. The Bertz CT molecular complexity index is 923. The summed E-state index contributed by atoms with van der Waals surface area (Å²) in [6.45, 7) is 5.85. The van der Waals surface area contributed by atoms with E-state index in [0.29, 0.717) is 18.0 Å². The highest BCUT2D eigenvalue weighted by Crippen LogP contribution is 2.24. The molecular weight excluding hydrogens is 378 g/mol. The average Bonchev–Trinajstić information content (AvgIpc) is 2.64. The molecule has 2 rings (SSSR count). The van der Waals surface area contributed by atoms with Crippen LogP contribution in [-0.2, 0) is 14.8 Å². The third-order valence-electron chi connectivity index (χ3n) is 3.96. The number of carbonyl (C=O) groups is 1. The molecule has 0 unspecified atom stereocenters. The molecule has 2 aromatic carbocycles. The maximum atomic E-state index is 12.5. The average molecular weight is 404 g/mol. The fraction of sp³-hybridized carbons (Fsp3) is 0.300. The van der Waals surface area contributed by atoms with Crippen LogP contribution in [-0.4, -0.2) is 39.4 Å². The van der Waals surface area contributed by atoms with E-state index in [0.717, 1.165) is 21.7 Å². The summed E-state index contributed by atoms with van der Waals surface area (Å²) >= 11 is 0. The molecule has 0 aliphatic carbocycles. The van der Waals surface area contributed by atoms with Crippen molar-refractivity contribution < 1.29 is 17.9 Å². The van der Waals surface area contributed by atoms with Crippen LogP contribution in [0.25, 0.3) is 0 Å². The number of ether oxygens (including phenoxy) is 1. The second-order valence-electron chi connectivity index (χ2n) is 6.31. The summed E-state index contributed by atoms with van der Waals surface area (Å²) in [5.41, 5.74) is 4.71. The van der Waals surface area contributed by atoms with Crippen molar-refractivity contribution >= 4 is 27.8 Å². The molecule has 1 N–H and O–H groups in total. The molecule has 0 aliphatic heterocycles. The highest BCUT2D eigenvalue weighted by atomic mass is 32.2. The first-order valence-corrected chi connectivity index (χ1v) is 10.7. The standard InChI is InChI=1S/C20H25N3O4S/c1-5-27-19-12-10-18(11-13-19)23(28(4,25)26)16(3)20(24)22-21-14-17-8-6-15(2)7-9-17/h6-14,16H,5H2,1-4H3,(H,22,24)/b21-14-/t16-/m1/s1. The van der Waals surface area contributed by atoms with Crippen molar-refractivity contribution in [3.63, 3.8) is 0 Å². The molecule has 0 bridgehead atoms. The minimum Gasteiger partial charge on any atom is -0.494 e. The normalized spacial score (nSPS) is 12.6. The molecule has 0 spiro atoms. The number of sulfonamides is 1. The molecule has 0 saturated heterocycles. The first-order valence-electron chi connectivity index (χ1n) is 8.84. The summed E-state index contributed by atoms with van der Waals surface area (Å²) in [4.78, 5) is 12.5. The predicted octanol–water partition coefficient (Wildman–Crippen LogP) is 2.70. The number of rotatable bonds is 8. The van der Waals surface area contributed by atoms with Gasteiger partial charge < -0.3 is 4.74 Å². The monoisotopic (exact) mass is 403 g/mol. The number of nitrogens with zero attached hydrogens (tertiary/aromatic N) is 2. The van der Waals surface area contributed by atoms with E-state index < -0.39 is 22.0 Å². The van der Waals surface area contributed by atoms with E-state index in [1.807, 2.05) is 38.1 Å². The van der Waals surface area contributed by atoms with Crippen molar-refractivity contribution in [2.75, 3.05) is 17.2 Å². The lowest BCUT2D eigenvalue weighted by atomic mass is 10.2. The van der Waals surface area contributed by atoms with Gasteiger partial charge in [0.05, 0.1) is 24.8 Å². The number of carbonyl (C=O) groups excluding carboxylic acids is 1. The number of benzene rings is 2. The van der Waals surface area contributed by atoms with Gasteiger partial charge in [-0.3, -0.25) is 9.10 Å². The van der Waals surface area contributed by atoms with Crippen molar-refractivity contribution in [2.24, 2.45) is 5.10 Å². The Morgan fingerprint density at radius 2 is 1.79 bits per heavy atom. The molecule has 28 heavy (non-hydrogen) atoms. The lowest BCUT2D eigenvalue weighted by Gasteiger charge is -2.27. The van der Waals surface area contributed by atoms with E-state index in [9.17, 15) is 13.2 Å². The summed E-state index contributed by atoms with van der Waals surface area (Å²) in [7, 11) is -3.69. The number of amides is 1. The molecule has 8 heteroatoms. The molecule has 0 aromatic heterocycles. The smallest absolute Gasteiger partial charge is 0.263 e. The highest BCUT2D eigenvalue weighted by molar-refractivity contribution is 7.92. The van der Waals surface area contributed by atoms with Crippen LogP contribution in [0.5, 0.6) is 5.75 Å². The molecule has 0 fully saturated rings. The molecule has 1 amide bonds. The van der Waals surface area contributed by atoms with Crippen molar-refractivity contribution in [1.29, 1.82) is 0 Å². The van der Waals surface area contributed by atoms with Gasteiger partial charge in [-0.25, -0.2) is 13.8 Å². The van der Waals surface area contributed by atoms with Crippen molar-refractivity contribution in [2.45, 2.75) is 26.8 Å². The van der Waals surface area contributed by atoms with Crippen molar-refractivity contribution in [3.05, 3.63) is 59.7 Å². The summed E-state index contributed by atoms with van der Waals surface area (Å²) in [5, 5.41) is 3.92. The van der Waals surface area contributed by atoms with Gasteiger partial charge in [-0.2, -0.15) is 5.10 Å². The van der Waals surface area contributed by atoms with E-state index in [1.54, 1.807) is 24.3 Å². The van der Waals surface area contributed by atoms with Gasteiger partial charge in [0.15, 0.2) is 0 Å². The molecule has 2 aromatic rings. The van der Waals surface area contributed by atoms with Crippen LogP contribution in [0.1, 0.15) is 25.0 Å². The predicted molar refractivity (Wildman–Crippen MR) is 111 cm³/mol. The molecule has 0 heterocycles. The number of anilines is 1.